The van der Waals surface area contributed by atoms with Crippen molar-refractivity contribution in [2.75, 3.05) is 0 Å². The van der Waals surface area contributed by atoms with Crippen LogP contribution >= 0.6 is 11.3 Å². The van der Waals surface area contributed by atoms with Gasteiger partial charge in [-0.2, -0.15) is 9.61 Å². The molecule has 3 rings (SSSR count). The molecule has 0 bridgehead atoms. The van der Waals surface area contributed by atoms with Gasteiger partial charge in [0.15, 0.2) is 0 Å². The normalized spacial score (nSPS) is 12.7. The molecule has 2 aromatic heterocycles. The zero-order valence-electron chi connectivity index (χ0n) is 12.0. The maximum atomic E-state index is 12.1. The number of aromatic nitrogens is 4. The Kier molecular flexibility index (Phi) is 3.79. The Labute approximate surface area is 126 Å². The van der Waals surface area contributed by atoms with Crippen molar-refractivity contribution in [1.29, 1.82) is 0 Å². The average Bonchev–Trinajstić information content (AvgIpc) is 2.94. The Hall–Kier alpha value is -2.08. The topological polar surface area (TPSA) is 60.2 Å². The molecule has 0 fully saturated rings. The summed E-state index contributed by atoms with van der Waals surface area (Å²) >= 11 is 1.44. The van der Waals surface area contributed by atoms with Gasteiger partial charge in [0.05, 0.1) is 0 Å². The minimum absolute atomic E-state index is 0.189. The van der Waals surface area contributed by atoms with Gasteiger partial charge in [-0.3, -0.25) is 4.79 Å². The van der Waals surface area contributed by atoms with Gasteiger partial charge in [-0.15, -0.1) is 10.2 Å². The first-order chi connectivity index (χ1) is 10.2. The lowest BCUT2D eigenvalue weighted by Gasteiger charge is -2.12. The largest absolute Gasteiger partial charge is 0.296 e. The van der Waals surface area contributed by atoms with Crippen LogP contribution in [-0.4, -0.2) is 19.8 Å². The molecule has 3 aromatic rings. The van der Waals surface area contributed by atoms with Crippen molar-refractivity contribution in [2.45, 2.75) is 32.6 Å². The first-order valence-electron chi connectivity index (χ1n) is 6.98. The first-order valence-corrected chi connectivity index (χ1v) is 7.80. The Morgan fingerprint density at radius 1 is 1.24 bits per heavy atom. The third-order valence-corrected chi connectivity index (χ3v) is 4.45. The highest BCUT2D eigenvalue weighted by Gasteiger charge is 2.19. The predicted molar refractivity (Wildman–Crippen MR) is 82.9 cm³/mol. The Morgan fingerprint density at radius 2 is 2.00 bits per heavy atom. The van der Waals surface area contributed by atoms with Crippen molar-refractivity contribution in [3.8, 4) is 0 Å². The van der Waals surface area contributed by atoms with E-state index < -0.39 is 0 Å². The molecule has 21 heavy (non-hydrogen) atoms. The van der Waals surface area contributed by atoms with Crippen LogP contribution in [0.2, 0.25) is 0 Å². The lowest BCUT2D eigenvalue weighted by atomic mass is 9.95. The SMILES string of the molecule is CCC[C@H](c1ccccc1)c1nn2c(=O)c(C)nnc2s1. The molecule has 5 nitrogen and oxygen atoms in total. The van der Waals surface area contributed by atoms with Crippen molar-refractivity contribution in [1.82, 2.24) is 19.8 Å². The van der Waals surface area contributed by atoms with Gasteiger partial charge in [-0.05, 0) is 18.9 Å². The smallest absolute Gasteiger partial charge is 0.265 e. The summed E-state index contributed by atoms with van der Waals surface area (Å²) in [5, 5.41) is 13.4. The summed E-state index contributed by atoms with van der Waals surface area (Å²) in [7, 11) is 0. The second kappa shape index (κ2) is 5.73. The lowest BCUT2D eigenvalue weighted by molar-refractivity contribution is 0.674. The van der Waals surface area contributed by atoms with Gasteiger partial charge >= 0.3 is 0 Å². The Morgan fingerprint density at radius 3 is 2.71 bits per heavy atom. The van der Waals surface area contributed by atoms with Gasteiger partial charge in [-0.1, -0.05) is 55.0 Å². The zero-order valence-corrected chi connectivity index (χ0v) is 12.8. The van der Waals surface area contributed by atoms with Crippen molar-refractivity contribution >= 4 is 16.3 Å². The maximum absolute atomic E-state index is 12.1. The van der Waals surface area contributed by atoms with Crippen LogP contribution in [0.3, 0.4) is 0 Å². The fraction of sp³-hybridized carbons (Fsp3) is 0.333. The third kappa shape index (κ3) is 2.58. The summed E-state index contributed by atoms with van der Waals surface area (Å²) in [6.45, 7) is 3.81. The van der Waals surface area contributed by atoms with E-state index in [9.17, 15) is 4.79 Å². The molecule has 2 heterocycles. The van der Waals surface area contributed by atoms with E-state index >= 15 is 0 Å². The van der Waals surface area contributed by atoms with Gasteiger partial charge < -0.3 is 0 Å². The summed E-state index contributed by atoms with van der Waals surface area (Å²) in [4.78, 5) is 12.6. The van der Waals surface area contributed by atoms with E-state index in [2.05, 4.69) is 34.4 Å². The third-order valence-electron chi connectivity index (χ3n) is 3.44. The molecule has 1 atom stereocenters. The van der Waals surface area contributed by atoms with Crippen LogP contribution in [0.15, 0.2) is 35.1 Å². The van der Waals surface area contributed by atoms with Gasteiger partial charge in [0, 0.05) is 5.92 Å². The summed E-state index contributed by atoms with van der Waals surface area (Å²) in [6, 6.07) is 10.3. The first kappa shape index (κ1) is 13.9. The highest BCUT2D eigenvalue weighted by Crippen LogP contribution is 2.31. The van der Waals surface area contributed by atoms with Gasteiger partial charge in [-0.25, -0.2) is 0 Å². The highest BCUT2D eigenvalue weighted by molar-refractivity contribution is 7.16. The second-order valence-corrected chi connectivity index (χ2v) is 5.96. The number of hydrogen-bond donors (Lipinski definition) is 0. The Balaban J connectivity index is 2.12. The van der Waals surface area contributed by atoms with Crippen LogP contribution in [0.5, 0.6) is 0 Å². The zero-order chi connectivity index (χ0) is 14.8. The fourth-order valence-electron chi connectivity index (χ4n) is 2.35. The summed E-state index contributed by atoms with van der Waals surface area (Å²) < 4.78 is 1.37. The minimum Gasteiger partial charge on any atom is -0.265 e. The van der Waals surface area contributed by atoms with E-state index in [4.69, 9.17) is 0 Å². The van der Waals surface area contributed by atoms with E-state index in [1.54, 1.807) is 6.92 Å². The van der Waals surface area contributed by atoms with Crippen molar-refractivity contribution in [3.63, 3.8) is 0 Å². The number of aryl methyl sites for hydroxylation is 1. The van der Waals surface area contributed by atoms with Gasteiger partial charge in [0.2, 0.25) is 4.96 Å². The van der Waals surface area contributed by atoms with Crippen LogP contribution in [0.25, 0.3) is 4.96 Å². The molecular weight excluding hydrogens is 284 g/mol. The number of nitrogens with zero attached hydrogens (tertiary/aromatic N) is 4. The van der Waals surface area contributed by atoms with E-state index in [1.807, 2.05) is 18.2 Å². The minimum atomic E-state index is -0.189. The lowest BCUT2D eigenvalue weighted by Crippen LogP contribution is -2.19. The van der Waals surface area contributed by atoms with Crippen molar-refractivity contribution in [2.24, 2.45) is 0 Å². The molecule has 0 unspecified atom stereocenters. The number of hydrogen-bond acceptors (Lipinski definition) is 5. The van der Waals surface area contributed by atoms with E-state index in [-0.39, 0.29) is 11.5 Å². The standard InChI is InChI=1S/C15H16N4OS/c1-3-7-12(11-8-5-4-6-9-11)13-18-19-14(20)10(2)16-17-15(19)21-13/h4-6,8-9,12H,3,7H2,1-2H3/t12-/m1/s1. The van der Waals surface area contributed by atoms with Crippen LogP contribution in [0.1, 0.15) is 41.9 Å². The number of fused-ring (bicyclic) bond motifs is 1. The monoisotopic (exact) mass is 300 g/mol. The molecule has 0 amide bonds. The molecule has 0 saturated carbocycles. The Bertz CT molecular complexity index is 809. The fourth-order valence-corrected chi connectivity index (χ4v) is 3.35. The molecule has 0 N–H and O–H groups in total. The van der Waals surface area contributed by atoms with E-state index in [0.29, 0.717) is 10.7 Å². The average molecular weight is 300 g/mol. The predicted octanol–water partition coefficient (Wildman–Crippen LogP) is 2.79. The van der Waals surface area contributed by atoms with E-state index in [1.165, 1.54) is 21.4 Å². The van der Waals surface area contributed by atoms with Crippen molar-refractivity contribution in [3.05, 3.63) is 57.0 Å². The summed E-state index contributed by atoms with van der Waals surface area (Å²) in [5.74, 6) is 0.197. The molecule has 6 heteroatoms. The van der Waals surface area contributed by atoms with Gasteiger partial charge in [0.1, 0.15) is 10.7 Å². The molecule has 0 radical (unpaired) electrons. The molecule has 0 aliphatic rings. The second-order valence-electron chi connectivity index (χ2n) is 4.98. The van der Waals surface area contributed by atoms with E-state index in [0.717, 1.165) is 17.8 Å². The molecule has 0 aliphatic carbocycles. The molecule has 0 saturated heterocycles. The number of rotatable bonds is 4. The molecular formula is C15H16N4OS. The van der Waals surface area contributed by atoms with Crippen LogP contribution in [0, 0.1) is 6.92 Å². The molecule has 108 valence electrons. The molecule has 0 spiro atoms. The highest BCUT2D eigenvalue weighted by atomic mass is 32.1. The van der Waals surface area contributed by atoms with Gasteiger partial charge in [0.25, 0.3) is 5.56 Å². The van der Waals surface area contributed by atoms with Crippen LogP contribution in [-0.2, 0) is 0 Å². The van der Waals surface area contributed by atoms with Crippen molar-refractivity contribution < 1.29 is 0 Å². The summed E-state index contributed by atoms with van der Waals surface area (Å²) in [5.41, 5.74) is 1.40. The molecule has 1 aromatic carbocycles. The van der Waals surface area contributed by atoms with Crippen LogP contribution < -0.4 is 5.56 Å². The summed E-state index contributed by atoms with van der Waals surface area (Å²) in [6.07, 6.45) is 2.04. The number of benzene rings is 1. The quantitative estimate of drug-likeness (QED) is 0.743. The maximum Gasteiger partial charge on any atom is 0.296 e. The molecule has 0 aliphatic heterocycles. The van der Waals surface area contributed by atoms with Crippen LogP contribution in [0.4, 0.5) is 0 Å².